The maximum Gasteiger partial charge on any atom is 0.325 e. The molecule has 0 bridgehead atoms. The van der Waals surface area contributed by atoms with Gasteiger partial charge in [-0.25, -0.2) is 0 Å². The number of thiol groups is 1. The van der Waals surface area contributed by atoms with Gasteiger partial charge >= 0.3 is 10.1 Å². The summed E-state index contributed by atoms with van der Waals surface area (Å²) in [5.74, 6) is 0. The molecule has 1 aromatic rings. The molecule has 0 spiro atoms. The van der Waals surface area contributed by atoms with Gasteiger partial charge in [-0.1, -0.05) is 55.0 Å². The second-order valence-corrected chi connectivity index (χ2v) is 7.30. The first kappa shape index (κ1) is 21.3. The minimum absolute atomic E-state index is 0.254. The van der Waals surface area contributed by atoms with E-state index in [1.165, 1.54) is 0 Å². The van der Waals surface area contributed by atoms with Crippen molar-refractivity contribution in [3.63, 3.8) is 0 Å². The first-order valence-corrected chi connectivity index (χ1v) is 10.3. The van der Waals surface area contributed by atoms with Crippen LogP contribution in [0.4, 0.5) is 0 Å². The summed E-state index contributed by atoms with van der Waals surface area (Å²) in [4.78, 5) is 0.648. The summed E-state index contributed by atoms with van der Waals surface area (Å²) in [6.45, 7) is 4.25. The van der Waals surface area contributed by atoms with E-state index in [0.717, 1.165) is 29.1 Å². The van der Waals surface area contributed by atoms with E-state index in [4.69, 9.17) is 4.18 Å². The van der Waals surface area contributed by atoms with Crippen LogP contribution in [-0.2, 0) is 25.2 Å². The smallest absolute Gasteiger partial charge is 0.314 e. The summed E-state index contributed by atoms with van der Waals surface area (Å²) < 4.78 is 31.1. The zero-order chi connectivity index (χ0) is 18.9. The predicted octanol–water partition coefficient (Wildman–Crippen LogP) is 3.90. The van der Waals surface area contributed by atoms with Crippen molar-refractivity contribution in [2.75, 3.05) is 6.26 Å². The third-order valence-corrected chi connectivity index (χ3v) is 4.17. The summed E-state index contributed by atoms with van der Waals surface area (Å²) in [6.07, 6.45) is 4.18. The molecule has 0 atom stereocenters. The number of thioether (sulfide) groups is 1. The topological polar surface area (TPSA) is 88.8 Å². The Hall–Kier alpha value is -1.73. The van der Waals surface area contributed by atoms with Crippen molar-refractivity contribution in [3.05, 3.63) is 52.4 Å². The van der Waals surface area contributed by atoms with Gasteiger partial charge in [0.05, 0.1) is 18.4 Å². The lowest BCUT2D eigenvalue weighted by molar-refractivity contribution is 0.345. The number of nitrogens with zero attached hydrogens (tertiary/aromatic N) is 2. The van der Waals surface area contributed by atoms with Crippen molar-refractivity contribution >= 4 is 45.4 Å². The van der Waals surface area contributed by atoms with E-state index < -0.39 is 10.1 Å². The van der Waals surface area contributed by atoms with Gasteiger partial charge in [0.1, 0.15) is 11.1 Å². The number of hydrogen-bond donors (Lipinski definition) is 1. The lowest BCUT2D eigenvalue weighted by Crippen LogP contribution is -1.98. The van der Waals surface area contributed by atoms with Crippen molar-refractivity contribution in [3.8, 4) is 6.07 Å². The molecule has 0 saturated carbocycles. The Labute approximate surface area is 157 Å². The minimum atomic E-state index is -3.66. The SMILES string of the molecule is CC.CS(=O)(=O)O/N=C1C=C/C(=C(\C#N)c2ccccc2COS)S\1. The largest absolute Gasteiger partial charge is 0.325 e. The summed E-state index contributed by atoms with van der Waals surface area (Å²) >= 11 is 4.90. The van der Waals surface area contributed by atoms with E-state index in [1.807, 2.05) is 38.1 Å². The normalized spacial score (nSPS) is 16.8. The molecule has 0 N–H and O–H groups in total. The Kier molecular flexibility index (Phi) is 8.78. The minimum Gasteiger partial charge on any atom is -0.314 e. The second kappa shape index (κ2) is 10.3. The maximum atomic E-state index is 10.9. The van der Waals surface area contributed by atoms with E-state index in [0.29, 0.717) is 15.5 Å². The van der Waals surface area contributed by atoms with Gasteiger partial charge in [0, 0.05) is 4.91 Å². The lowest BCUT2D eigenvalue weighted by atomic mass is 10.0. The van der Waals surface area contributed by atoms with Crippen LogP contribution in [-0.4, -0.2) is 19.7 Å². The number of oxime groups is 1. The molecule has 0 unspecified atom stereocenters. The maximum absolute atomic E-state index is 10.9. The summed E-state index contributed by atoms with van der Waals surface area (Å²) in [5.41, 5.74) is 1.98. The Morgan fingerprint density at radius 2 is 2.00 bits per heavy atom. The number of allylic oxidation sites excluding steroid dienone is 2. The summed E-state index contributed by atoms with van der Waals surface area (Å²) in [7, 11) is -3.66. The average Bonchev–Trinajstić information content (AvgIpc) is 3.05. The Balaban J connectivity index is 0.00000151. The van der Waals surface area contributed by atoms with Crippen LogP contribution < -0.4 is 0 Å². The summed E-state index contributed by atoms with van der Waals surface area (Å²) in [6, 6.07) is 9.48. The quantitative estimate of drug-likeness (QED) is 0.350. The van der Waals surface area contributed by atoms with E-state index in [-0.39, 0.29) is 6.61 Å². The molecular formula is C16H18N2O4S3. The van der Waals surface area contributed by atoms with Crippen molar-refractivity contribution in [1.29, 1.82) is 5.26 Å². The molecule has 1 aliphatic rings. The van der Waals surface area contributed by atoms with Gasteiger partial charge < -0.3 is 4.18 Å². The zero-order valence-electron chi connectivity index (χ0n) is 14.0. The second-order valence-electron chi connectivity index (χ2n) is 4.43. The van der Waals surface area contributed by atoms with Crippen LogP contribution in [0.5, 0.6) is 0 Å². The van der Waals surface area contributed by atoms with Gasteiger partial charge in [-0.3, -0.25) is 4.28 Å². The fraction of sp³-hybridized carbons (Fsp3) is 0.250. The van der Waals surface area contributed by atoms with Crippen molar-refractivity contribution in [2.24, 2.45) is 5.16 Å². The molecule has 0 radical (unpaired) electrons. The van der Waals surface area contributed by atoms with Gasteiger partial charge in [-0.2, -0.15) is 13.7 Å². The van der Waals surface area contributed by atoms with Crippen LogP contribution in [0, 0.1) is 11.3 Å². The molecule has 25 heavy (non-hydrogen) atoms. The van der Waals surface area contributed by atoms with Crippen LogP contribution in [0.1, 0.15) is 25.0 Å². The van der Waals surface area contributed by atoms with E-state index in [9.17, 15) is 13.7 Å². The number of rotatable bonds is 5. The highest BCUT2D eigenvalue weighted by Crippen LogP contribution is 2.35. The average molecular weight is 399 g/mol. The highest BCUT2D eigenvalue weighted by atomic mass is 32.2. The standard InChI is InChI=1S/C14H12N2O4S3.C2H6/c1-23(17,18)20-16-14-7-6-13(22-14)12(8-15)11-5-3-2-4-10(11)9-19-21;1-2/h2-7,21H,9H2,1H3;1-2H3/b13-12-,16-14+;. The van der Waals surface area contributed by atoms with E-state index >= 15 is 0 Å². The number of hydrogen-bond acceptors (Lipinski definition) is 8. The summed E-state index contributed by atoms with van der Waals surface area (Å²) in [5, 5.41) is 13.4. The fourth-order valence-electron chi connectivity index (χ4n) is 1.82. The molecule has 2 rings (SSSR count). The van der Waals surface area contributed by atoms with E-state index in [2.05, 4.69) is 28.4 Å². The van der Waals surface area contributed by atoms with Crippen LogP contribution in [0.25, 0.3) is 5.57 Å². The molecule has 1 aliphatic heterocycles. The zero-order valence-corrected chi connectivity index (χ0v) is 16.5. The molecule has 0 aliphatic carbocycles. The van der Waals surface area contributed by atoms with Crippen molar-refractivity contribution < 1.29 is 16.9 Å². The highest BCUT2D eigenvalue weighted by Gasteiger charge is 2.18. The van der Waals surface area contributed by atoms with Gasteiger partial charge in [-0.15, -0.1) is 0 Å². The van der Waals surface area contributed by atoms with Gasteiger partial charge in [0.25, 0.3) is 0 Å². The van der Waals surface area contributed by atoms with Gasteiger partial charge in [0.15, 0.2) is 0 Å². The van der Waals surface area contributed by atoms with Crippen LogP contribution in [0.2, 0.25) is 0 Å². The third kappa shape index (κ3) is 6.59. The van der Waals surface area contributed by atoms with Gasteiger partial charge in [-0.05, 0) is 36.2 Å². The molecule has 0 aromatic heterocycles. The van der Waals surface area contributed by atoms with Crippen LogP contribution in [0.15, 0.2) is 46.5 Å². The number of benzene rings is 1. The van der Waals surface area contributed by atoms with E-state index in [1.54, 1.807) is 12.2 Å². The number of nitriles is 1. The molecule has 6 nitrogen and oxygen atoms in total. The predicted molar refractivity (Wildman–Crippen MR) is 104 cm³/mol. The fourth-order valence-corrected chi connectivity index (χ4v) is 3.05. The van der Waals surface area contributed by atoms with Crippen molar-refractivity contribution in [1.82, 2.24) is 0 Å². The highest BCUT2D eigenvalue weighted by molar-refractivity contribution is 8.18. The first-order valence-electron chi connectivity index (χ1n) is 7.26. The molecule has 1 heterocycles. The molecule has 1 aromatic carbocycles. The molecule has 134 valence electrons. The Bertz CT molecular complexity index is 837. The Morgan fingerprint density at radius 1 is 1.32 bits per heavy atom. The first-order chi connectivity index (χ1) is 11.9. The molecule has 9 heteroatoms. The molecule has 0 amide bonds. The van der Waals surface area contributed by atoms with Gasteiger partial charge in [0.2, 0.25) is 0 Å². The monoisotopic (exact) mass is 398 g/mol. The van der Waals surface area contributed by atoms with Crippen LogP contribution in [0.3, 0.4) is 0 Å². The lowest BCUT2D eigenvalue weighted by Gasteiger charge is -2.08. The van der Waals surface area contributed by atoms with Crippen molar-refractivity contribution in [2.45, 2.75) is 20.5 Å². The van der Waals surface area contributed by atoms with Crippen LogP contribution >= 0.6 is 24.7 Å². The molecular weight excluding hydrogens is 380 g/mol. The third-order valence-electron chi connectivity index (χ3n) is 2.72. The molecule has 0 fully saturated rings. The Morgan fingerprint density at radius 3 is 2.60 bits per heavy atom. The molecule has 0 saturated heterocycles.